The van der Waals surface area contributed by atoms with E-state index in [0.717, 1.165) is 5.75 Å². The number of methoxy groups -OCH3 is 1. The van der Waals surface area contributed by atoms with E-state index in [1.807, 2.05) is 4.90 Å². The summed E-state index contributed by atoms with van der Waals surface area (Å²) < 4.78 is 10.9. The SMILES string of the molecule is COc1ccc(Oc2ncnc(N3CCC(C(=O)O)CC3)c2N)cc1. The summed E-state index contributed by atoms with van der Waals surface area (Å²) in [5.41, 5.74) is 6.52. The van der Waals surface area contributed by atoms with Crippen LogP contribution >= 0.6 is 0 Å². The molecule has 132 valence electrons. The first-order chi connectivity index (χ1) is 12.1. The second-order valence-corrected chi connectivity index (χ2v) is 5.79. The number of rotatable bonds is 5. The summed E-state index contributed by atoms with van der Waals surface area (Å²) in [6, 6.07) is 7.09. The molecule has 0 saturated carbocycles. The summed E-state index contributed by atoms with van der Waals surface area (Å²) in [4.78, 5) is 21.4. The van der Waals surface area contributed by atoms with Gasteiger partial charge in [-0.2, -0.15) is 4.98 Å². The third kappa shape index (κ3) is 3.73. The number of anilines is 2. The van der Waals surface area contributed by atoms with Crippen LogP contribution in [0.25, 0.3) is 0 Å². The van der Waals surface area contributed by atoms with Gasteiger partial charge in [0.1, 0.15) is 23.5 Å². The van der Waals surface area contributed by atoms with Gasteiger partial charge in [-0.05, 0) is 37.1 Å². The van der Waals surface area contributed by atoms with Crippen LogP contribution in [0.3, 0.4) is 0 Å². The fourth-order valence-electron chi connectivity index (χ4n) is 2.80. The number of aliphatic carboxylic acids is 1. The molecule has 1 aromatic heterocycles. The first-order valence-corrected chi connectivity index (χ1v) is 7.98. The van der Waals surface area contributed by atoms with Gasteiger partial charge in [0.05, 0.1) is 13.0 Å². The standard InChI is InChI=1S/C17H20N4O4/c1-24-12-2-4-13(5-3-12)25-16-14(18)15(19-10-20-16)21-8-6-11(7-9-21)17(22)23/h2-5,10-11H,6-9,18H2,1H3,(H,22,23). The van der Waals surface area contributed by atoms with E-state index in [-0.39, 0.29) is 11.8 Å². The third-order valence-corrected chi connectivity index (χ3v) is 4.24. The molecule has 0 bridgehead atoms. The highest BCUT2D eigenvalue weighted by Crippen LogP contribution is 2.33. The minimum absolute atomic E-state index is 0.274. The normalized spacial score (nSPS) is 15.0. The molecule has 3 N–H and O–H groups in total. The van der Waals surface area contributed by atoms with E-state index in [0.29, 0.717) is 43.2 Å². The summed E-state index contributed by atoms with van der Waals surface area (Å²) in [5, 5.41) is 9.10. The Hall–Kier alpha value is -3.03. The van der Waals surface area contributed by atoms with E-state index in [1.165, 1.54) is 6.33 Å². The van der Waals surface area contributed by atoms with Gasteiger partial charge in [0.25, 0.3) is 0 Å². The van der Waals surface area contributed by atoms with Gasteiger partial charge in [0.2, 0.25) is 5.88 Å². The number of carboxylic acids is 1. The fraction of sp³-hybridized carbons (Fsp3) is 0.353. The highest BCUT2D eigenvalue weighted by Gasteiger charge is 2.27. The number of nitrogens with zero attached hydrogens (tertiary/aromatic N) is 3. The molecular formula is C17H20N4O4. The second-order valence-electron chi connectivity index (χ2n) is 5.79. The number of nitrogens with two attached hydrogens (primary N) is 1. The van der Waals surface area contributed by atoms with Crippen molar-refractivity contribution in [1.29, 1.82) is 0 Å². The van der Waals surface area contributed by atoms with Gasteiger partial charge >= 0.3 is 5.97 Å². The number of carboxylic acid groups (broad SMARTS) is 1. The monoisotopic (exact) mass is 344 g/mol. The fourth-order valence-corrected chi connectivity index (χ4v) is 2.80. The molecule has 1 aliphatic rings. The summed E-state index contributed by atoms with van der Waals surface area (Å²) in [7, 11) is 1.60. The molecule has 0 spiro atoms. The van der Waals surface area contributed by atoms with Crippen LogP contribution in [-0.4, -0.2) is 41.2 Å². The molecule has 25 heavy (non-hydrogen) atoms. The number of carbonyl (C=O) groups is 1. The van der Waals surface area contributed by atoms with Crippen molar-refractivity contribution in [2.24, 2.45) is 5.92 Å². The Labute approximate surface area is 145 Å². The third-order valence-electron chi connectivity index (χ3n) is 4.24. The van der Waals surface area contributed by atoms with Crippen LogP contribution in [0.2, 0.25) is 0 Å². The number of benzene rings is 1. The lowest BCUT2D eigenvalue weighted by Crippen LogP contribution is -2.37. The van der Waals surface area contributed by atoms with E-state index >= 15 is 0 Å². The lowest BCUT2D eigenvalue weighted by molar-refractivity contribution is -0.142. The zero-order valence-corrected chi connectivity index (χ0v) is 13.9. The maximum atomic E-state index is 11.1. The van der Waals surface area contributed by atoms with Crippen molar-refractivity contribution in [2.75, 3.05) is 30.8 Å². The molecule has 1 fully saturated rings. The van der Waals surface area contributed by atoms with Gasteiger partial charge in [-0.3, -0.25) is 4.79 Å². The molecule has 0 radical (unpaired) electrons. The molecule has 2 aromatic rings. The minimum atomic E-state index is -0.751. The zero-order valence-electron chi connectivity index (χ0n) is 13.9. The minimum Gasteiger partial charge on any atom is -0.497 e. The largest absolute Gasteiger partial charge is 0.497 e. The van der Waals surface area contributed by atoms with Crippen molar-refractivity contribution in [1.82, 2.24) is 9.97 Å². The molecule has 0 aliphatic carbocycles. The molecule has 0 unspecified atom stereocenters. The van der Waals surface area contributed by atoms with E-state index in [1.54, 1.807) is 31.4 Å². The van der Waals surface area contributed by atoms with Gasteiger partial charge in [-0.15, -0.1) is 0 Å². The molecule has 0 atom stereocenters. The van der Waals surface area contributed by atoms with Crippen LogP contribution in [0.4, 0.5) is 11.5 Å². The molecule has 1 aliphatic heterocycles. The van der Waals surface area contributed by atoms with Gasteiger partial charge in [-0.1, -0.05) is 0 Å². The smallest absolute Gasteiger partial charge is 0.306 e. The van der Waals surface area contributed by atoms with Gasteiger partial charge < -0.3 is 25.2 Å². The topological polar surface area (TPSA) is 111 Å². The van der Waals surface area contributed by atoms with Gasteiger partial charge in [0, 0.05) is 13.1 Å². The second kappa shape index (κ2) is 7.25. The van der Waals surface area contributed by atoms with Crippen LogP contribution in [0.1, 0.15) is 12.8 Å². The Kier molecular flexibility index (Phi) is 4.87. The maximum absolute atomic E-state index is 11.1. The predicted octanol–water partition coefficient (Wildman–Crippen LogP) is 2.16. The Morgan fingerprint density at radius 1 is 1.20 bits per heavy atom. The number of hydrogen-bond donors (Lipinski definition) is 2. The average Bonchev–Trinajstić information content (AvgIpc) is 2.64. The van der Waals surface area contributed by atoms with Gasteiger partial charge in [0.15, 0.2) is 5.82 Å². The molecule has 8 nitrogen and oxygen atoms in total. The van der Waals surface area contributed by atoms with Crippen LogP contribution in [-0.2, 0) is 4.79 Å². The Balaban J connectivity index is 1.74. The van der Waals surface area contributed by atoms with Crippen molar-refractivity contribution >= 4 is 17.5 Å². The maximum Gasteiger partial charge on any atom is 0.306 e. The molecule has 1 saturated heterocycles. The number of ether oxygens (including phenoxy) is 2. The molecule has 1 aromatic carbocycles. The molecule has 8 heteroatoms. The van der Waals surface area contributed by atoms with Crippen LogP contribution in [0.15, 0.2) is 30.6 Å². The zero-order chi connectivity index (χ0) is 17.8. The first kappa shape index (κ1) is 16.8. The lowest BCUT2D eigenvalue weighted by atomic mass is 9.97. The van der Waals surface area contributed by atoms with E-state index in [4.69, 9.17) is 20.3 Å². The van der Waals surface area contributed by atoms with Crippen molar-refractivity contribution in [2.45, 2.75) is 12.8 Å². The molecule has 0 amide bonds. The number of aromatic nitrogens is 2. The van der Waals surface area contributed by atoms with Gasteiger partial charge in [-0.25, -0.2) is 4.98 Å². The lowest BCUT2D eigenvalue weighted by Gasteiger charge is -2.31. The number of nitrogen functional groups attached to an aromatic ring is 1. The quantitative estimate of drug-likeness (QED) is 0.849. The highest BCUT2D eigenvalue weighted by atomic mass is 16.5. The Morgan fingerprint density at radius 3 is 2.44 bits per heavy atom. The van der Waals surface area contributed by atoms with Crippen molar-refractivity contribution < 1.29 is 19.4 Å². The highest BCUT2D eigenvalue weighted by molar-refractivity contribution is 5.72. The van der Waals surface area contributed by atoms with E-state index in [2.05, 4.69) is 9.97 Å². The summed E-state index contributed by atoms with van der Waals surface area (Å²) in [5.74, 6) is 1.10. The Morgan fingerprint density at radius 2 is 1.84 bits per heavy atom. The number of piperidine rings is 1. The van der Waals surface area contributed by atoms with E-state index < -0.39 is 5.97 Å². The Bertz CT molecular complexity index is 743. The molecule has 2 heterocycles. The average molecular weight is 344 g/mol. The summed E-state index contributed by atoms with van der Waals surface area (Å²) >= 11 is 0. The van der Waals surface area contributed by atoms with E-state index in [9.17, 15) is 4.79 Å². The first-order valence-electron chi connectivity index (χ1n) is 7.98. The van der Waals surface area contributed by atoms with Crippen LogP contribution < -0.4 is 20.1 Å². The predicted molar refractivity (Wildman–Crippen MR) is 92.1 cm³/mol. The van der Waals surface area contributed by atoms with Crippen LogP contribution in [0.5, 0.6) is 17.4 Å². The van der Waals surface area contributed by atoms with Crippen molar-refractivity contribution in [3.63, 3.8) is 0 Å². The van der Waals surface area contributed by atoms with Crippen LogP contribution in [0, 0.1) is 5.92 Å². The van der Waals surface area contributed by atoms with Crippen molar-refractivity contribution in [3.8, 4) is 17.4 Å². The summed E-state index contributed by atoms with van der Waals surface area (Å²) in [6.45, 7) is 1.17. The van der Waals surface area contributed by atoms with Crippen molar-refractivity contribution in [3.05, 3.63) is 30.6 Å². The summed E-state index contributed by atoms with van der Waals surface area (Å²) in [6.07, 6.45) is 2.52. The molecular weight excluding hydrogens is 324 g/mol. The molecule has 3 rings (SSSR count). The number of hydrogen-bond acceptors (Lipinski definition) is 7.